The van der Waals surface area contributed by atoms with Crippen LogP contribution in [0.5, 0.6) is 0 Å². The van der Waals surface area contributed by atoms with E-state index in [1.807, 2.05) is 0 Å². The second kappa shape index (κ2) is 4.86. The maximum Gasteiger partial charge on any atom is 0.0155 e. The Morgan fingerprint density at radius 2 is 1.87 bits per heavy atom. The van der Waals surface area contributed by atoms with Gasteiger partial charge in [-0.15, -0.1) is 0 Å². The molecular formula is C14H27N. The van der Waals surface area contributed by atoms with Crippen LogP contribution in [0.3, 0.4) is 0 Å². The first-order valence-corrected chi connectivity index (χ1v) is 6.99. The molecule has 15 heavy (non-hydrogen) atoms. The lowest BCUT2D eigenvalue weighted by Crippen LogP contribution is -2.47. The van der Waals surface area contributed by atoms with E-state index in [0.29, 0.717) is 5.54 Å². The van der Waals surface area contributed by atoms with Gasteiger partial charge < -0.3 is 5.32 Å². The highest BCUT2D eigenvalue weighted by molar-refractivity contribution is 4.92. The van der Waals surface area contributed by atoms with E-state index >= 15 is 0 Å². The van der Waals surface area contributed by atoms with Crippen LogP contribution >= 0.6 is 0 Å². The lowest BCUT2D eigenvalue weighted by molar-refractivity contribution is 0.223. The highest BCUT2D eigenvalue weighted by Crippen LogP contribution is 2.33. The highest BCUT2D eigenvalue weighted by atomic mass is 15.0. The van der Waals surface area contributed by atoms with Crippen molar-refractivity contribution < 1.29 is 0 Å². The Kier molecular flexibility index (Phi) is 3.71. The van der Waals surface area contributed by atoms with Crippen LogP contribution < -0.4 is 5.32 Å². The lowest BCUT2D eigenvalue weighted by Gasteiger charge is -2.36. The van der Waals surface area contributed by atoms with Gasteiger partial charge in [0.15, 0.2) is 0 Å². The van der Waals surface area contributed by atoms with Gasteiger partial charge in [-0.05, 0) is 38.5 Å². The summed E-state index contributed by atoms with van der Waals surface area (Å²) in [6, 6.07) is 0.826. The third-order valence-corrected chi connectivity index (χ3v) is 4.62. The van der Waals surface area contributed by atoms with Crippen LogP contribution in [0.2, 0.25) is 0 Å². The average molecular weight is 209 g/mol. The molecule has 0 spiro atoms. The van der Waals surface area contributed by atoms with Crippen molar-refractivity contribution in [1.29, 1.82) is 0 Å². The summed E-state index contributed by atoms with van der Waals surface area (Å²) in [6.07, 6.45) is 12.9. The van der Waals surface area contributed by atoms with E-state index in [4.69, 9.17) is 0 Å². The molecule has 0 saturated heterocycles. The van der Waals surface area contributed by atoms with Gasteiger partial charge in [0.25, 0.3) is 0 Å². The number of rotatable bonds is 3. The van der Waals surface area contributed by atoms with E-state index in [9.17, 15) is 0 Å². The number of hydrogen-bond donors (Lipinski definition) is 1. The van der Waals surface area contributed by atoms with Gasteiger partial charge in [-0.2, -0.15) is 0 Å². The quantitative estimate of drug-likeness (QED) is 0.744. The standard InChI is InChI=1S/C14H27N/c1-3-12-7-6-8-13(11-12)15-14(2)9-4-5-10-14/h12-13,15H,3-11H2,1-2H3. The van der Waals surface area contributed by atoms with E-state index in [2.05, 4.69) is 19.2 Å². The van der Waals surface area contributed by atoms with Gasteiger partial charge in [0.1, 0.15) is 0 Å². The zero-order valence-electron chi connectivity index (χ0n) is 10.5. The monoisotopic (exact) mass is 209 g/mol. The highest BCUT2D eigenvalue weighted by Gasteiger charge is 2.32. The lowest BCUT2D eigenvalue weighted by atomic mass is 9.83. The van der Waals surface area contributed by atoms with Gasteiger partial charge in [-0.3, -0.25) is 0 Å². The molecule has 2 fully saturated rings. The summed E-state index contributed by atoms with van der Waals surface area (Å²) in [5.41, 5.74) is 0.486. The average Bonchev–Trinajstić information content (AvgIpc) is 2.65. The van der Waals surface area contributed by atoms with Crippen LogP contribution in [-0.2, 0) is 0 Å². The predicted octanol–water partition coefficient (Wildman–Crippen LogP) is 3.88. The van der Waals surface area contributed by atoms with Gasteiger partial charge in [0.2, 0.25) is 0 Å². The van der Waals surface area contributed by atoms with Gasteiger partial charge in [-0.25, -0.2) is 0 Å². The maximum absolute atomic E-state index is 3.96. The van der Waals surface area contributed by atoms with Crippen molar-refractivity contribution >= 4 is 0 Å². The largest absolute Gasteiger partial charge is 0.309 e. The molecule has 2 unspecified atom stereocenters. The second-order valence-electron chi connectivity index (χ2n) is 6.05. The van der Waals surface area contributed by atoms with E-state index in [1.54, 1.807) is 0 Å². The van der Waals surface area contributed by atoms with Crippen molar-refractivity contribution in [3.05, 3.63) is 0 Å². The molecule has 0 amide bonds. The molecule has 0 radical (unpaired) electrons. The molecule has 2 saturated carbocycles. The topological polar surface area (TPSA) is 12.0 Å². The fourth-order valence-electron chi connectivity index (χ4n) is 3.59. The summed E-state index contributed by atoms with van der Waals surface area (Å²) in [5, 5.41) is 3.96. The zero-order valence-corrected chi connectivity index (χ0v) is 10.5. The molecule has 0 bridgehead atoms. The predicted molar refractivity (Wildman–Crippen MR) is 66.0 cm³/mol. The van der Waals surface area contributed by atoms with E-state index in [-0.39, 0.29) is 0 Å². The Bertz CT molecular complexity index is 194. The van der Waals surface area contributed by atoms with Crippen molar-refractivity contribution in [1.82, 2.24) is 5.32 Å². The molecular weight excluding hydrogens is 182 g/mol. The minimum atomic E-state index is 0.486. The minimum absolute atomic E-state index is 0.486. The molecule has 0 aliphatic heterocycles. The maximum atomic E-state index is 3.96. The molecule has 0 aromatic rings. The van der Waals surface area contributed by atoms with Gasteiger partial charge in [0, 0.05) is 11.6 Å². The fourth-order valence-corrected chi connectivity index (χ4v) is 3.59. The summed E-state index contributed by atoms with van der Waals surface area (Å²) in [7, 11) is 0. The molecule has 2 aliphatic carbocycles. The first-order chi connectivity index (χ1) is 7.22. The van der Waals surface area contributed by atoms with Crippen LogP contribution in [0.1, 0.15) is 71.6 Å². The van der Waals surface area contributed by atoms with Crippen molar-refractivity contribution in [2.24, 2.45) is 5.92 Å². The third kappa shape index (κ3) is 2.96. The Morgan fingerprint density at radius 3 is 2.53 bits per heavy atom. The van der Waals surface area contributed by atoms with Crippen LogP contribution in [0.25, 0.3) is 0 Å². The third-order valence-electron chi connectivity index (χ3n) is 4.62. The van der Waals surface area contributed by atoms with Crippen LogP contribution in [0.15, 0.2) is 0 Å². The van der Waals surface area contributed by atoms with Crippen molar-refractivity contribution in [2.75, 3.05) is 0 Å². The first kappa shape index (κ1) is 11.4. The molecule has 2 atom stereocenters. The van der Waals surface area contributed by atoms with Gasteiger partial charge in [0.05, 0.1) is 0 Å². The Morgan fingerprint density at radius 1 is 1.13 bits per heavy atom. The zero-order chi connectivity index (χ0) is 10.7. The minimum Gasteiger partial charge on any atom is -0.309 e. The molecule has 88 valence electrons. The van der Waals surface area contributed by atoms with E-state index in [1.165, 1.54) is 57.8 Å². The normalized spacial score (nSPS) is 35.6. The molecule has 0 heterocycles. The Hall–Kier alpha value is -0.0400. The van der Waals surface area contributed by atoms with Gasteiger partial charge >= 0.3 is 0 Å². The molecule has 1 N–H and O–H groups in total. The Balaban J connectivity index is 1.83. The van der Waals surface area contributed by atoms with Crippen molar-refractivity contribution in [2.45, 2.75) is 83.2 Å². The SMILES string of the molecule is CCC1CCCC(NC2(C)CCCC2)C1. The molecule has 0 aromatic carbocycles. The van der Waals surface area contributed by atoms with Crippen LogP contribution in [0.4, 0.5) is 0 Å². The van der Waals surface area contributed by atoms with Gasteiger partial charge in [-0.1, -0.05) is 39.0 Å². The second-order valence-corrected chi connectivity index (χ2v) is 6.05. The Labute approximate surface area is 95.0 Å². The molecule has 1 heteroatoms. The molecule has 1 nitrogen and oxygen atoms in total. The fraction of sp³-hybridized carbons (Fsp3) is 1.00. The summed E-state index contributed by atoms with van der Waals surface area (Å²) in [4.78, 5) is 0. The summed E-state index contributed by atoms with van der Waals surface area (Å²) >= 11 is 0. The molecule has 0 aromatic heterocycles. The summed E-state index contributed by atoms with van der Waals surface area (Å²) in [5.74, 6) is 1.00. The van der Waals surface area contributed by atoms with Crippen molar-refractivity contribution in [3.63, 3.8) is 0 Å². The van der Waals surface area contributed by atoms with Crippen molar-refractivity contribution in [3.8, 4) is 0 Å². The van der Waals surface area contributed by atoms with E-state index in [0.717, 1.165) is 12.0 Å². The molecule has 2 rings (SSSR count). The molecule has 2 aliphatic rings. The number of nitrogens with one attached hydrogen (secondary N) is 1. The smallest absolute Gasteiger partial charge is 0.0155 e. The summed E-state index contributed by atoms with van der Waals surface area (Å²) in [6.45, 7) is 4.79. The number of hydrogen-bond acceptors (Lipinski definition) is 1. The van der Waals surface area contributed by atoms with Crippen LogP contribution in [0, 0.1) is 5.92 Å². The van der Waals surface area contributed by atoms with E-state index < -0.39 is 0 Å². The first-order valence-electron chi connectivity index (χ1n) is 6.99. The van der Waals surface area contributed by atoms with Crippen LogP contribution in [-0.4, -0.2) is 11.6 Å². The summed E-state index contributed by atoms with van der Waals surface area (Å²) < 4.78 is 0.